The van der Waals surface area contributed by atoms with Crippen LogP contribution in [0.1, 0.15) is 24.5 Å². The molecule has 2 aromatic rings. The van der Waals surface area contributed by atoms with E-state index < -0.39 is 57.0 Å². The van der Waals surface area contributed by atoms with Crippen molar-refractivity contribution in [2.45, 2.75) is 24.2 Å². The van der Waals surface area contributed by atoms with Crippen LogP contribution in [0.3, 0.4) is 0 Å². The first-order valence-corrected chi connectivity index (χ1v) is 12.3. The molecule has 0 aliphatic heterocycles. The highest BCUT2D eigenvalue weighted by Crippen LogP contribution is 2.41. The molecule has 32 heavy (non-hydrogen) atoms. The number of hydrogen-bond donors (Lipinski definition) is 4. The number of aliphatic hydroxyl groups excluding tert-OH is 2. The van der Waals surface area contributed by atoms with Crippen molar-refractivity contribution in [3.05, 3.63) is 50.9 Å². The summed E-state index contributed by atoms with van der Waals surface area (Å²) in [5.74, 6) is -4.82. The third-order valence-electron chi connectivity index (χ3n) is 5.12. The fourth-order valence-corrected chi connectivity index (χ4v) is 5.05. The molecule has 7 nitrogen and oxygen atoms in total. The van der Waals surface area contributed by atoms with Crippen molar-refractivity contribution in [3.8, 4) is 5.75 Å². The lowest BCUT2D eigenvalue weighted by Crippen LogP contribution is -2.36. The fraction of sp³-hybridized carbons (Fsp3) is 0.400. The Bertz CT molecular complexity index is 1100. The van der Waals surface area contributed by atoms with Crippen LogP contribution in [-0.4, -0.2) is 44.1 Å². The first-order valence-electron chi connectivity index (χ1n) is 9.64. The average molecular weight is 586 g/mol. The Morgan fingerprint density at radius 1 is 1.22 bits per heavy atom. The van der Waals surface area contributed by atoms with E-state index in [1.165, 1.54) is 19.2 Å². The zero-order valence-electron chi connectivity index (χ0n) is 16.9. The van der Waals surface area contributed by atoms with Crippen LogP contribution < -0.4 is 14.8 Å². The molecule has 1 aliphatic rings. The zero-order valence-corrected chi connectivity index (χ0v) is 19.9. The number of ether oxygens (including phenoxy) is 1. The molecular formula is C20H22F3IN2O5S. The smallest absolute Gasteiger partial charge is 0.214 e. The Labute approximate surface area is 197 Å². The van der Waals surface area contributed by atoms with Crippen LogP contribution in [0.25, 0.3) is 0 Å². The van der Waals surface area contributed by atoms with Crippen molar-refractivity contribution < 1.29 is 36.5 Å². The molecule has 1 fully saturated rings. The SMILES string of the molecule is COc1cc(F)c(F)c(Nc2ccc(I)cc2F)c1C(O)C(CO)CNS(=O)(=O)C1CC1. The second kappa shape index (κ2) is 10.1. The highest BCUT2D eigenvalue weighted by atomic mass is 127. The maximum atomic E-state index is 14.8. The number of nitrogens with one attached hydrogen (secondary N) is 2. The first kappa shape index (κ1) is 25.0. The van der Waals surface area contributed by atoms with E-state index >= 15 is 0 Å². The number of benzene rings is 2. The van der Waals surface area contributed by atoms with Gasteiger partial charge in [-0.1, -0.05) is 0 Å². The quantitative estimate of drug-likeness (QED) is 0.319. The van der Waals surface area contributed by atoms with Gasteiger partial charge in [0.1, 0.15) is 11.6 Å². The molecule has 1 saturated carbocycles. The minimum absolute atomic E-state index is 0.180. The predicted octanol–water partition coefficient (Wildman–Crippen LogP) is 3.18. The number of aliphatic hydroxyl groups is 2. The maximum absolute atomic E-state index is 14.8. The second-order valence-electron chi connectivity index (χ2n) is 7.39. The summed E-state index contributed by atoms with van der Waals surface area (Å²) in [7, 11) is -2.44. The molecule has 3 rings (SSSR count). The van der Waals surface area contributed by atoms with Crippen molar-refractivity contribution in [2.24, 2.45) is 5.92 Å². The van der Waals surface area contributed by atoms with E-state index in [2.05, 4.69) is 10.0 Å². The number of methoxy groups -OCH3 is 1. The molecule has 0 heterocycles. The highest BCUT2D eigenvalue weighted by molar-refractivity contribution is 14.1. The van der Waals surface area contributed by atoms with E-state index in [9.17, 15) is 31.8 Å². The Morgan fingerprint density at radius 2 is 1.91 bits per heavy atom. The molecule has 2 aromatic carbocycles. The van der Waals surface area contributed by atoms with Gasteiger partial charge in [0.15, 0.2) is 11.6 Å². The highest BCUT2D eigenvalue weighted by Gasteiger charge is 2.37. The van der Waals surface area contributed by atoms with Gasteiger partial charge < -0.3 is 20.3 Å². The molecule has 0 bridgehead atoms. The van der Waals surface area contributed by atoms with E-state index in [4.69, 9.17) is 4.74 Å². The van der Waals surface area contributed by atoms with Gasteiger partial charge in [0.25, 0.3) is 0 Å². The number of anilines is 2. The number of rotatable bonds is 10. The average Bonchev–Trinajstić information content (AvgIpc) is 3.59. The topological polar surface area (TPSA) is 108 Å². The molecule has 2 atom stereocenters. The minimum Gasteiger partial charge on any atom is -0.496 e. The van der Waals surface area contributed by atoms with Crippen LogP contribution in [0.4, 0.5) is 24.5 Å². The van der Waals surface area contributed by atoms with Crippen molar-refractivity contribution in [3.63, 3.8) is 0 Å². The van der Waals surface area contributed by atoms with Crippen LogP contribution >= 0.6 is 22.6 Å². The summed E-state index contributed by atoms with van der Waals surface area (Å²) in [6.45, 7) is -1.02. The summed E-state index contributed by atoms with van der Waals surface area (Å²) >= 11 is 1.89. The lowest BCUT2D eigenvalue weighted by atomic mass is 9.93. The van der Waals surface area contributed by atoms with Crippen LogP contribution in [-0.2, 0) is 10.0 Å². The van der Waals surface area contributed by atoms with Gasteiger partial charge in [-0.2, -0.15) is 0 Å². The van der Waals surface area contributed by atoms with Gasteiger partial charge in [0.05, 0.1) is 29.8 Å². The van der Waals surface area contributed by atoms with Gasteiger partial charge in [-0.15, -0.1) is 0 Å². The predicted molar refractivity (Wildman–Crippen MR) is 121 cm³/mol. The maximum Gasteiger partial charge on any atom is 0.214 e. The van der Waals surface area contributed by atoms with E-state index in [0.29, 0.717) is 22.5 Å². The molecule has 0 saturated heterocycles. The Morgan fingerprint density at radius 3 is 2.47 bits per heavy atom. The van der Waals surface area contributed by atoms with Crippen molar-refractivity contribution in [1.82, 2.24) is 4.72 Å². The van der Waals surface area contributed by atoms with E-state index in [1.54, 1.807) is 6.07 Å². The van der Waals surface area contributed by atoms with E-state index in [-0.39, 0.29) is 23.5 Å². The lowest BCUT2D eigenvalue weighted by molar-refractivity contribution is 0.0679. The van der Waals surface area contributed by atoms with Crippen LogP contribution in [0.5, 0.6) is 5.75 Å². The largest absolute Gasteiger partial charge is 0.496 e. The molecule has 0 amide bonds. The Balaban J connectivity index is 1.99. The summed E-state index contributed by atoms with van der Waals surface area (Å²) < 4.78 is 75.6. The summed E-state index contributed by atoms with van der Waals surface area (Å²) in [5, 5.41) is 22.6. The van der Waals surface area contributed by atoms with Crippen molar-refractivity contribution in [2.75, 3.05) is 25.6 Å². The monoisotopic (exact) mass is 586 g/mol. The first-order chi connectivity index (χ1) is 15.1. The van der Waals surface area contributed by atoms with Gasteiger partial charge in [-0.05, 0) is 53.6 Å². The normalized spacial score (nSPS) is 16.0. The second-order valence-corrected chi connectivity index (χ2v) is 10.7. The van der Waals surface area contributed by atoms with Crippen LogP contribution in [0.15, 0.2) is 24.3 Å². The third-order valence-corrected chi connectivity index (χ3v) is 7.71. The molecule has 0 spiro atoms. The van der Waals surface area contributed by atoms with Gasteiger partial charge in [0.2, 0.25) is 10.0 Å². The Kier molecular flexibility index (Phi) is 7.91. The molecule has 0 radical (unpaired) electrons. The van der Waals surface area contributed by atoms with E-state index in [1.807, 2.05) is 22.6 Å². The molecule has 2 unspecified atom stereocenters. The summed E-state index contributed by atoms with van der Waals surface area (Å²) in [6.07, 6.45) is -0.635. The molecule has 12 heteroatoms. The van der Waals surface area contributed by atoms with E-state index in [0.717, 1.165) is 0 Å². The minimum atomic E-state index is -3.61. The molecular weight excluding hydrogens is 564 g/mol. The molecule has 1 aliphatic carbocycles. The summed E-state index contributed by atoms with van der Waals surface area (Å²) in [6, 6.07) is 4.75. The third kappa shape index (κ3) is 5.47. The fourth-order valence-electron chi connectivity index (χ4n) is 3.16. The molecule has 4 N–H and O–H groups in total. The van der Waals surface area contributed by atoms with Gasteiger partial charge in [0, 0.05) is 34.3 Å². The Hall–Kier alpha value is -1.61. The number of sulfonamides is 1. The van der Waals surface area contributed by atoms with Crippen molar-refractivity contribution >= 4 is 44.0 Å². The number of hydrogen-bond acceptors (Lipinski definition) is 6. The van der Waals surface area contributed by atoms with Crippen LogP contribution in [0.2, 0.25) is 0 Å². The van der Waals surface area contributed by atoms with Crippen LogP contribution in [0, 0.1) is 26.9 Å². The zero-order chi connectivity index (χ0) is 23.6. The molecule has 176 valence electrons. The van der Waals surface area contributed by atoms with Crippen molar-refractivity contribution in [1.29, 1.82) is 0 Å². The standard InChI is InChI=1S/C20H22F3IN2O5S/c1-31-16-7-14(22)18(23)19(26-15-5-2-11(24)6-13(15)21)17(16)20(28)10(9-27)8-25-32(29,30)12-3-4-12/h2,5-7,10,12,20,25-28H,3-4,8-9H2,1H3. The number of halogens is 4. The molecule has 0 aromatic heterocycles. The summed E-state index contributed by atoms with van der Waals surface area (Å²) in [4.78, 5) is 0. The van der Waals surface area contributed by atoms with Gasteiger partial charge in [-0.25, -0.2) is 26.3 Å². The summed E-state index contributed by atoms with van der Waals surface area (Å²) in [5.41, 5.74) is -1.05. The van der Waals surface area contributed by atoms with Gasteiger partial charge >= 0.3 is 0 Å². The van der Waals surface area contributed by atoms with Gasteiger partial charge in [-0.3, -0.25) is 0 Å². The lowest BCUT2D eigenvalue weighted by Gasteiger charge is -2.26.